The first-order valence-corrected chi connectivity index (χ1v) is 3.57. The molecule has 60 valence electrons. The summed E-state index contributed by atoms with van der Waals surface area (Å²) < 4.78 is 4.86. The van der Waals surface area contributed by atoms with Crippen molar-refractivity contribution >= 4 is 11.8 Å². The van der Waals surface area contributed by atoms with Crippen LogP contribution in [0.1, 0.15) is 19.8 Å². The van der Waals surface area contributed by atoms with Gasteiger partial charge in [0.05, 0.1) is 0 Å². The van der Waals surface area contributed by atoms with Gasteiger partial charge in [-0.05, 0) is 18.6 Å². The van der Waals surface area contributed by atoms with E-state index >= 15 is 0 Å². The fraction of sp³-hybridized carbons (Fsp3) is 0.500. The van der Waals surface area contributed by atoms with E-state index in [-0.39, 0.29) is 17.9 Å². The average molecular weight is 154 g/mol. The topological polar surface area (TPSA) is 43.4 Å². The molecule has 1 aliphatic rings. The third-order valence-electron chi connectivity index (χ3n) is 1.49. The van der Waals surface area contributed by atoms with E-state index in [2.05, 4.69) is 0 Å². The maximum Gasteiger partial charge on any atom is 0.303 e. The van der Waals surface area contributed by atoms with Crippen molar-refractivity contribution < 1.29 is 14.3 Å². The van der Waals surface area contributed by atoms with Gasteiger partial charge in [-0.2, -0.15) is 0 Å². The Hall–Kier alpha value is -1.12. The second-order valence-corrected chi connectivity index (χ2v) is 2.51. The van der Waals surface area contributed by atoms with E-state index < -0.39 is 0 Å². The molecule has 0 spiro atoms. The van der Waals surface area contributed by atoms with Crippen LogP contribution in [-0.4, -0.2) is 17.9 Å². The van der Waals surface area contributed by atoms with Crippen LogP contribution in [-0.2, 0) is 14.3 Å². The first-order valence-electron chi connectivity index (χ1n) is 3.57. The Bertz CT molecular complexity index is 205. The van der Waals surface area contributed by atoms with E-state index in [4.69, 9.17) is 4.74 Å². The van der Waals surface area contributed by atoms with E-state index in [9.17, 15) is 9.59 Å². The molecule has 3 nitrogen and oxygen atoms in total. The average Bonchev–Trinajstić information content (AvgIpc) is 1.93. The summed E-state index contributed by atoms with van der Waals surface area (Å²) in [4.78, 5) is 21.1. The van der Waals surface area contributed by atoms with Gasteiger partial charge in [0.1, 0.15) is 6.10 Å². The maximum absolute atomic E-state index is 10.7. The zero-order valence-corrected chi connectivity index (χ0v) is 6.37. The maximum atomic E-state index is 10.7. The van der Waals surface area contributed by atoms with Crippen molar-refractivity contribution in [3.63, 3.8) is 0 Å². The number of rotatable bonds is 1. The zero-order valence-electron chi connectivity index (χ0n) is 6.37. The lowest BCUT2D eigenvalue weighted by molar-refractivity contribution is -0.145. The van der Waals surface area contributed by atoms with Crippen molar-refractivity contribution in [1.82, 2.24) is 0 Å². The number of allylic oxidation sites excluding steroid dienone is 1. The molecule has 0 aliphatic heterocycles. The van der Waals surface area contributed by atoms with Crippen LogP contribution < -0.4 is 0 Å². The molecule has 0 aromatic heterocycles. The van der Waals surface area contributed by atoms with E-state index in [0.717, 1.165) is 0 Å². The lowest BCUT2D eigenvalue weighted by Gasteiger charge is -2.14. The third-order valence-corrected chi connectivity index (χ3v) is 1.49. The highest BCUT2D eigenvalue weighted by molar-refractivity contribution is 5.90. The first-order chi connectivity index (χ1) is 5.18. The second-order valence-electron chi connectivity index (χ2n) is 2.51. The minimum Gasteiger partial charge on any atom is -0.458 e. The number of ether oxygens (including phenoxy) is 1. The molecule has 0 amide bonds. The van der Waals surface area contributed by atoms with Crippen LogP contribution in [0.2, 0.25) is 0 Å². The van der Waals surface area contributed by atoms with Crippen LogP contribution in [0.3, 0.4) is 0 Å². The molecule has 0 saturated heterocycles. The largest absolute Gasteiger partial charge is 0.458 e. The Kier molecular flexibility index (Phi) is 2.41. The SMILES string of the molecule is CC(=O)O[C@@H]1C=CC(=O)CC1. The molecular weight excluding hydrogens is 144 g/mol. The molecule has 0 aromatic carbocycles. The van der Waals surface area contributed by atoms with Gasteiger partial charge in [0.2, 0.25) is 0 Å². The fourth-order valence-corrected chi connectivity index (χ4v) is 0.990. The second kappa shape index (κ2) is 3.32. The van der Waals surface area contributed by atoms with Crippen LogP contribution in [0.4, 0.5) is 0 Å². The van der Waals surface area contributed by atoms with Crippen LogP contribution in [0, 0.1) is 0 Å². The molecule has 1 atom stereocenters. The molecule has 11 heavy (non-hydrogen) atoms. The summed E-state index contributed by atoms with van der Waals surface area (Å²) in [6.07, 6.45) is 4.01. The standard InChI is InChI=1S/C8H10O3/c1-6(9)11-8-4-2-7(10)3-5-8/h2,4,8H,3,5H2,1H3/t8-/m1/s1. The van der Waals surface area contributed by atoms with Crippen molar-refractivity contribution in [1.29, 1.82) is 0 Å². The van der Waals surface area contributed by atoms with Gasteiger partial charge >= 0.3 is 5.97 Å². The molecule has 0 N–H and O–H groups in total. The summed E-state index contributed by atoms with van der Waals surface area (Å²) in [7, 11) is 0. The number of hydrogen-bond acceptors (Lipinski definition) is 3. The van der Waals surface area contributed by atoms with Gasteiger partial charge in [0.15, 0.2) is 5.78 Å². The van der Waals surface area contributed by atoms with Crippen LogP contribution in [0.5, 0.6) is 0 Å². The number of esters is 1. The summed E-state index contributed by atoms with van der Waals surface area (Å²) in [5.41, 5.74) is 0. The summed E-state index contributed by atoms with van der Waals surface area (Å²) in [5.74, 6) is -0.192. The quantitative estimate of drug-likeness (QED) is 0.525. The molecule has 1 aliphatic carbocycles. The molecular formula is C8H10O3. The van der Waals surface area contributed by atoms with Gasteiger partial charge in [0.25, 0.3) is 0 Å². The molecule has 0 bridgehead atoms. The van der Waals surface area contributed by atoms with Gasteiger partial charge in [-0.1, -0.05) is 0 Å². The molecule has 0 fully saturated rings. The smallest absolute Gasteiger partial charge is 0.303 e. The normalized spacial score (nSPS) is 23.4. The van der Waals surface area contributed by atoms with Crippen LogP contribution >= 0.6 is 0 Å². The number of hydrogen-bond donors (Lipinski definition) is 0. The van der Waals surface area contributed by atoms with Gasteiger partial charge in [0, 0.05) is 13.3 Å². The highest BCUT2D eigenvalue weighted by atomic mass is 16.5. The lowest BCUT2D eigenvalue weighted by atomic mass is 10.0. The summed E-state index contributed by atoms with van der Waals surface area (Å²) >= 11 is 0. The predicted octanol–water partition coefficient (Wildman–Crippen LogP) is 0.837. The summed E-state index contributed by atoms with van der Waals surface area (Å²) in [6.45, 7) is 1.37. The molecule has 1 rings (SSSR count). The number of carbonyl (C=O) groups excluding carboxylic acids is 2. The molecule has 0 aromatic rings. The Labute approximate surface area is 65.0 Å². The third kappa shape index (κ3) is 2.53. The Morgan fingerprint density at radius 2 is 2.45 bits per heavy atom. The Morgan fingerprint density at radius 3 is 2.91 bits per heavy atom. The predicted molar refractivity (Wildman–Crippen MR) is 38.9 cm³/mol. The Morgan fingerprint density at radius 1 is 1.73 bits per heavy atom. The molecule has 0 heterocycles. The van der Waals surface area contributed by atoms with Crippen molar-refractivity contribution in [3.05, 3.63) is 12.2 Å². The minimum atomic E-state index is -0.297. The fourth-order valence-electron chi connectivity index (χ4n) is 0.990. The van der Waals surface area contributed by atoms with Gasteiger partial charge < -0.3 is 4.74 Å². The molecule has 3 heteroatoms. The van der Waals surface area contributed by atoms with Crippen LogP contribution in [0.25, 0.3) is 0 Å². The van der Waals surface area contributed by atoms with Gasteiger partial charge in [-0.15, -0.1) is 0 Å². The highest BCUT2D eigenvalue weighted by Gasteiger charge is 2.14. The first kappa shape index (κ1) is 7.98. The highest BCUT2D eigenvalue weighted by Crippen LogP contribution is 2.10. The molecule has 0 radical (unpaired) electrons. The van der Waals surface area contributed by atoms with Crippen LogP contribution in [0.15, 0.2) is 12.2 Å². The lowest BCUT2D eigenvalue weighted by Crippen LogP contribution is -2.18. The molecule has 0 saturated carbocycles. The van der Waals surface area contributed by atoms with Gasteiger partial charge in [-0.25, -0.2) is 0 Å². The zero-order chi connectivity index (χ0) is 8.27. The van der Waals surface area contributed by atoms with Crippen molar-refractivity contribution in [3.8, 4) is 0 Å². The van der Waals surface area contributed by atoms with Crippen molar-refractivity contribution in [2.75, 3.05) is 0 Å². The van der Waals surface area contributed by atoms with E-state index in [1.165, 1.54) is 13.0 Å². The van der Waals surface area contributed by atoms with E-state index in [1.807, 2.05) is 0 Å². The summed E-state index contributed by atoms with van der Waals surface area (Å²) in [5, 5.41) is 0. The van der Waals surface area contributed by atoms with Crippen molar-refractivity contribution in [2.24, 2.45) is 0 Å². The minimum absolute atomic E-state index is 0.105. The molecule has 0 unspecified atom stereocenters. The monoisotopic (exact) mass is 154 g/mol. The van der Waals surface area contributed by atoms with Crippen molar-refractivity contribution in [2.45, 2.75) is 25.9 Å². The van der Waals surface area contributed by atoms with E-state index in [1.54, 1.807) is 6.08 Å². The van der Waals surface area contributed by atoms with Gasteiger partial charge in [-0.3, -0.25) is 9.59 Å². The Balaban J connectivity index is 2.44. The van der Waals surface area contributed by atoms with E-state index in [0.29, 0.717) is 12.8 Å². The summed E-state index contributed by atoms with van der Waals surface area (Å²) in [6, 6.07) is 0. The number of ketones is 1. The number of carbonyl (C=O) groups is 2.